The molecule has 0 amide bonds. The molecule has 0 heterocycles. The minimum Gasteiger partial charge on any atom is -0.726 e. The minimum absolute atomic E-state index is 0. The van der Waals surface area contributed by atoms with E-state index in [1.165, 1.54) is 89.9 Å². The molecule has 11 heteroatoms. The van der Waals surface area contributed by atoms with Gasteiger partial charge in [-0.2, -0.15) is 0 Å². The van der Waals surface area contributed by atoms with Gasteiger partial charge < -0.3 is 9.11 Å². The smallest absolute Gasteiger partial charge is 0.726 e. The molecule has 0 saturated heterocycles. The SMILES string of the molecule is CCCCCCCCCCCC(CC)OS(=O)(=O)[O-].CCCCCCCCCCCC(CC)OS(=O)(=O)[O-].[Ba+2]. The van der Waals surface area contributed by atoms with Gasteiger partial charge in [-0.3, -0.25) is 8.37 Å². The van der Waals surface area contributed by atoms with E-state index in [1.807, 2.05) is 13.8 Å². The largest absolute Gasteiger partial charge is 2.00 e. The molecule has 8 nitrogen and oxygen atoms in total. The predicted molar refractivity (Wildman–Crippen MR) is 159 cm³/mol. The maximum absolute atomic E-state index is 10.5. The molecule has 0 aliphatic carbocycles. The van der Waals surface area contributed by atoms with Crippen LogP contribution in [-0.2, 0) is 29.2 Å². The molecule has 2 unspecified atom stereocenters. The molecule has 0 fully saturated rings. The van der Waals surface area contributed by atoms with Crippen molar-refractivity contribution in [2.75, 3.05) is 0 Å². The second-order valence-electron chi connectivity index (χ2n) is 10.3. The summed E-state index contributed by atoms with van der Waals surface area (Å²) in [7, 11) is -9.09. The van der Waals surface area contributed by atoms with Crippen LogP contribution in [0.15, 0.2) is 0 Å². The van der Waals surface area contributed by atoms with Crippen molar-refractivity contribution in [1.29, 1.82) is 0 Å². The molecule has 0 rings (SSSR count). The summed E-state index contributed by atoms with van der Waals surface area (Å²) in [6, 6.07) is 0. The van der Waals surface area contributed by atoms with E-state index in [9.17, 15) is 25.9 Å². The molecule has 2 atom stereocenters. The maximum Gasteiger partial charge on any atom is 2.00 e. The van der Waals surface area contributed by atoms with Gasteiger partial charge in [0.25, 0.3) is 0 Å². The Balaban J connectivity index is -0.000000648. The van der Waals surface area contributed by atoms with Crippen molar-refractivity contribution >= 4 is 69.7 Å². The number of rotatable bonds is 26. The van der Waals surface area contributed by atoms with E-state index in [0.717, 1.165) is 25.7 Å². The Labute approximate surface area is 282 Å². The zero-order valence-electron chi connectivity index (χ0n) is 25.5. The Morgan fingerprint density at radius 1 is 0.462 bits per heavy atom. The quantitative estimate of drug-likeness (QED) is 0.0380. The van der Waals surface area contributed by atoms with Gasteiger partial charge in [0.1, 0.15) is 0 Å². The molecule has 0 aromatic carbocycles. The third kappa shape index (κ3) is 39.3. The molecule has 0 aromatic rings. The monoisotopic (exact) mass is 724 g/mol. The summed E-state index contributed by atoms with van der Waals surface area (Å²) in [5.74, 6) is 0. The summed E-state index contributed by atoms with van der Waals surface area (Å²) in [6.45, 7) is 8.11. The van der Waals surface area contributed by atoms with Gasteiger partial charge >= 0.3 is 48.9 Å². The molecule has 0 saturated carbocycles. The van der Waals surface area contributed by atoms with E-state index >= 15 is 0 Å². The minimum atomic E-state index is -4.55. The van der Waals surface area contributed by atoms with Crippen LogP contribution in [-0.4, -0.2) is 87.0 Å². The van der Waals surface area contributed by atoms with E-state index in [4.69, 9.17) is 0 Å². The first kappa shape index (κ1) is 44.7. The number of hydrogen-bond acceptors (Lipinski definition) is 8. The van der Waals surface area contributed by atoms with Crippen LogP contribution in [0.1, 0.15) is 169 Å². The molecule has 0 bridgehead atoms. The van der Waals surface area contributed by atoms with E-state index in [-0.39, 0.29) is 48.9 Å². The van der Waals surface area contributed by atoms with Gasteiger partial charge in [0.05, 0.1) is 12.2 Å². The van der Waals surface area contributed by atoms with Gasteiger partial charge in [-0.1, -0.05) is 143 Å². The average molecular weight is 724 g/mol. The molecule has 0 spiro atoms. The van der Waals surface area contributed by atoms with E-state index in [0.29, 0.717) is 25.7 Å². The second kappa shape index (κ2) is 30.8. The van der Waals surface area contributed by atoms with Crippen molar-refractivity contribution in [1.82, 2.24) is 0 Å². The van der Waals surface area contributed by atoms with Crippen LogP contribution >= 0.6 is 0 Å². The molecule has 0 aliphatic heterocycles. The van der Waals surface area contributed by atoms with Crippen molar-refractivity contribution in [2.45, 2.75) is 181 Å². The first-order valence-electron chi connectivity index (χ1n) is 15.3. The Kier molecular flexibility index (Phi) is 35.3. The van der Waals surface area contributed by atoms with Crippen molar-refractivity contribution in [3.05, 3.63) is 0 Å². The fourth-order valence-corrected chi connectivity index (χ4v) is 5.47. The van der Waals surface area contributed by atoms with Crippen molar-refractivity contribution < 1.29 is 34.3 Å². The predicted octanol–water partition coefficient (Wildman–Crippen LogP) is 7.94. The number of hydrogen-bond donors (Lipinski definition) is 0. The third-order valence-corrected chi connectivity index (χ3v) is 7.69. The Hall–Kier alpha value is 1.31. The van der Waals surface area contributed by atoms with E-state index in [2.05, 4.69) is 22.2 Å². The van der Waals surface area contributed by atoms with Gasteiger partial charge in [-0.15, -0.1) is 0 Å². The Morgan fingerprint density at radius 2 is 0.692 bits per heavy atom. The number of unbranched alkanes of at least 4 members (excludes halogenated alkanes) is 16. The molecule has 0 aromatic heterocycles. The van der Waals surface area contributed by atoms with Gasteiger partial charge in [0, 0.05) is 0 Å². The van der Waals surface area contributed by atoms with E-state index < -0.39 is 33.0 Å². The summed E-state index contributed by atoms with van der Waals surface area (Å²) in [4.78, 5) is 0. The summed E-state index contributed by atoms with van der Waals surface area (Å²) in [5, 5.41) is 0. The summed E-state index contributed by atoms with van der Waals surface area (Å²) >= 11 is 0. The molecule has 39 heavy (non-hydrogen) atoms. The van der Waals surface area contributed by atoms with Crippen LogP contribution in [0.2, 0.25) is 0 Å². The van der Waals surface area contributed by atoms with Crippen molar-refractivity contribution in [3.63, 3.8) is 0 Å². The normalized spacial score (nSPS) is 13.3. The molecular formula is C28H58BaO8S2. The van der Waals surface area contributed by atoms with Crippen molar-refractivity contribution in [2.24, 2.45) is 0 Å². The van der Waals surface area contributed by atoms with Crippen LogP contribution < -0.4 is 0 Å². The summed E-state index contributed by atoms with van der Waals surface area (Å²) < 4.78 is 71.8. The molecule has 0 aliphatic rings. The van der Waals surface area contributed by atoms with Crippen LogP contribution in [0.25, 0.3) is 0 Å². The standard InChI is InChI=1S/2C14H30O4S.Ba/c2*1-3-5-6-7-8-9-10-11-12-13-14(4-2)18-19(15,16)17;/h2*14H,3-13H2,1-2H3,(H,15,16,17);/q;;+2/p-2. The molecular weight excluding hydrogens is 666 g/mol. The maximum atomic E-state index is 10.5. The second-order valence-corrected chi connectivity index (χ2v) is 12.3. The van der Waals surface area contributed by atoms with E-state index in [1.54, 1.807) is 0 Å². The fourth-order valence-electron chi connectivity index (χ4n) is 4.34. The van der Waals surface area contributed by atoms with Gasteiger partial charge in [0.2, 0.25) is 20.8 Å². The fraction of sp³-hybridized carbons (Fsp3) is 1.00. The van der Waals surface area contributed by atoms with Crippen molar-refractivity contribution in [3.8, 4) is 0 Å². The molecule has 0 radical (unpaired) electrons. The van der Waals surface area contributed by atoms with Crippen LogP contribution in [0.3, 0.4) is 0 Å². The Morgan fingerprint density at radius 3 is 0.897 bits per heavy atom. The topological polar surface area (TPSA) is 133 Å². The Bertz CT molecular complexity index is 642. The van der Waals surface area contributed by atoms with Gasteiger partial charge in [-0.05, 0) is 25.7 Å². The third-order valence-electron chi connectivity index (χ3n) is 6.68. The van der Waals surface area contributed by atoms with Gasteiger partial charge in [0.15, 0.2) is 0 Å². The van der Waals surface area contributed by atoms with Crippen LogP contribution in [0, 0.1) is 0 Å². The molecule has 0 N–H and O–H groups in total. The molecule has 232 valence electrons. The van der Waals surface area contributed by atoms with Crippen LogP contribution in [0.5, 0.6) is 0 Å². The van der Waals surface area contributed by atoms with Gasteiger partial charge in [-0.25, -0.2) is 16.8 Å². The first-order chi connectivity index (χ1) is 18.0. The summed E-state index contributed by atoms with van der Waals surface area (Å²) in [5.41, 5.74) is 0. The summed E-state index contributed by atoms with van der Waals surface area (Å²) in [6.07, 6.45) is 23.6. The van der Waals surface area contributed by atoms with Crippen LogP contribution in [0.4, 0.5) is 0 Å². The average Bonchev–Trinajstić information content (AvgIpc) is 2.84. The zero-order valence-corrected chi connectivity index (χ0v) is 31.6. The first-order valence-corrected chi connectivity index (χ1v) is 17.9. The zero-order chi connectivity index (χ0) is 29.1.